The number of aromatic nitrogens is 5. The third-order valence-electron chi connectivity index (χ3n) is 4.08. The summed E-state index contributed by atoms with van der Waals surface area (Å²) in [4.78, 5) is 8.90. The quantitative estimate of drug-likeness (QED) is 0.433. The van der Waals surface area contributed by atoms with Crippen molar-refractivity contribution in [2.24, 2.45) is 0 Å². The molecule has 0 saturated carbocycles. The van der Waals surface area contributed by atoms with Gasteiger partial charge < -0.3 is 0 Å². The number of halogens is 1. The number of hydrogen-bond donors (Lipinski definition) is 0. The van der Waals surface area contributed by atoms with Crippen LogP contribution in [0.5, 0.6) is 0 Å². The van der Waals surface area contributed by atoms with Gasteiger partial charge in [0, 0.05) is 34.5 Å². The highest BCUT2D eigenvalue weighted by atomic mass is 35.5. The number of benzene rings is 1. The highest BCUT2D eigenvalue weighted by Gasteiger charge is 2.28. The Morgan fingerprint density at radius 3 is 3.12 bits per heavy atom. The van der Waals surface area contributed by atoms with Gasteiger partial charge in [-0.2, -0.15) is 0 Å². The van der Waals surface area contributed by atoms with E-state index in [1.165, 1.54) is 4.70 Å². The lowest BCUT2D eigenvalue weighted by Crippen LogP contribution is -2.11. The van der Waals surface area contributed by atoms with Gasteiger partial charge in [0.1, 0.15) is 0 Å². The first-order valence-electron chi connectivity index (χ1n) is 7.95. The minimum absolute atomic E-state index is 0.334. The minimum atomic E-state index is 0.334. The number of rotatable bonds is 4. The summed E-state index contributed by atoms with van der Waals surface area (Å²) in [6, 6.07) is 10.1. The molecular weight excluding hydrogens is 406 g/mol. The van der Waals surface area contributed by atoms with Gasteiger partial charge in [0.2, 0.25) is 0 Å². The van der Waals surface area contributed by atoms with Crippen LogP contribution in [0.2, 0.25) is 5.02 Å². The van der Waals surface area contributed by atoms with Crippen molar-refractivity contribution in [2.75, 3.05) is 11.5 Å². The van der Waals surface area contributed by atoms with E-state index in [0.717, 1.165) is 42.9 Å². The van der Waals surface area contributed by atoms with Crippen LogP contribution in [0.25, 0.3) is 21.6 Å². The van der Waals surface area contributed by atoms with Crippen LogP contribution in [0.4, 0.5) is 0 Å². The molecule has 1 aromatic carbocycles. The van der Waals surface area contributed by atoms with E-state index in [1.807, 2.05) is 36.5 Å². The van der Waals surface area contributed by atoms with Gasteiger partial charge in [-0.05, 0) is 30.3 Å². The SMILES string of the molecule is Clc1ccc2sc(SC[C@@H]3CSc4nnc(-c5cccnc5)n43)nc2c1. The van der Waals surface area contributed by atoms with Crippen molar-refractivity contribution in [3.05, 3.63) is 47.7 Å². The van der Waals surface area contributed by atoms with Gasteiger partial charge in [0.25, 0.3) is 0 Å². The van der Waals surface area contributed by atoms with E-state index in [0.29, 0.717) is 6.04 Å². The Hall–Kier alpha value is -1.61. The molecule has 0 radical (unpaired) electrons. The number of hydrogen-bond acceptors (Lipinski definition) is 7. The van der Waals surface area contributed by atoms with Gasteiger partial charge in [0.15, 0.2) is 15.3 Å². The van der Waals surface area contributed by atoms with Crippen molar-refractivity contribution in [1.82, 2.24) is 24.7 Å². The second-order valence-electron chi connectivity index (χ2n) is 5.79. The van der Waals surface area contributed by atoms with Gasteiger partial charge in [-0.3, -0.25) is 9.55 Å². The fraction of sp³-hybridized carbons (Fsp3) is 0.176. The van der Waals surface area contributed by atoms with E-state index in [2.05, 4.69) is 19.7 Å². The largest absolute Gasteiger partial charge is 0.297 e. The molecular formula is C17H12ClN5S3. The third-order valence-corrected chi connectivity index (χ3v) is 7.73. The Labute approximate surface area is 167 Å². The number of pyridine rings is 1. The minimum Gasteiger partial charge on any atom is -0.297 e. The van der Waals surface area contributed by atoms with Crippen molar-refractivity contribution < 1.29 is 0 Å². The van der Waals surface area contributed by atoms with E-state index < -0.39 is 0 Å². The zero-order valence-electron chi connectivity index (χ0n) is 13.4. The van der Waals surface area contributed by atoms with E-state index in [9.17, 15) is 0 Å². The summed E-state index contributed by atoms with van der Waals surface area (Å²) in [6.07, 6.45) is 3.61. The standard InChI is InChI=1S/C17H12ClN5S3/c18-11-3-4-14-13(6-11)20-17(26-14)25-9-12-8-24-16-22-21-15(23(12)16)10-2-1-5-19-7-10/h1-7,12H,8-9H2/t12-/m0/s1. The maximum Gasteiger partial charge on any atom is 0.191 e. The lowest BCUT2D eigenvalue weighted by molar-refractivity contribution is 0.597. The third kappa shape index (κ3) is 3.00. The van der Waals surface area contributed by atoms with E-state index in [4.69, 9.17) is 16.6 Å². The fourth-order valence-electron chi connectivity index (χ4n) is 2.87. The number of nitrogens with zero attached hydrogens (tertiary/aromatic N) is 5. The molecule has 5 rings (SSSR count). The molecule has 1 atom stereocenters. The molecule has 4 aromatic rings. The smallest absolute Gasteiger partial charge is 0.191 e. The summed E-state index contributed by atoms with van der Waals surface area (Å²) >= 11 is 11.3. The summed E-state index contributed by atoms with van der Waals surface area (Å²) in [5.74, 6) is 2.82. The predicted octanol–water partition coefficient (Wildman–Crippen LogP) is 5.04. The molecule has 1 aliphatic rings. The Morgan fingerprint density at radius 1 is 1.27 bits per heavy atom. The Morgan fingerprint density at radius 2 is 2.23 bits per heavy atom. The summed E-state index contributed by atoms with van der Waals surface area (Å²) < 4.78 is 4.47. The molecule has 0 spiro atoms. The van der Waals surface area contributed by atoms with Crippen LogP contribution in [-0.4, -0.2) is 36.2 Å². The highest BCUT2D eigenvalue weighted by Crippen LogP contribution is 2.40. The lowest BCUT2D eigenvalue weighted by atomic mass is 10.2. The predicted molar refractivity (Wildman–Crippen MR) is 108 cm³/mol. The van der Waals surface area contributed by atoms with Gasteiger partial charge in [0.05, 0.1) is 16.3 Å². The Balaban J connectivity index is 1.39. The number of fused-ring (bicyclic) bond motifs is 2. The van der Waals surface area contributed by atoms with E-state index >= 15 is 0 Å². The molecule has 4 heterocycles. The van der Waals surface area contributed by atoms with Crippen molar-refractivity contribution in [1.29, 1.82) is 0 Å². The van der Waals surface area contributed by atoms with Crippen LogP contribution in [0, 0.1) is 0 Å². The van der Waals surface area contributed by atoms with E-state index in [1.54, 1.807) is 41.1 Å². The molecule has 3 aromatic heterocycles. The molecule has 1 aliphatic heterocycles. The van der Waals surface area contributed by atoms with Crippen molar-refractivity contribution in [2.45, 2.75) is 15.5 Å². The normalized spacial score (nSPS) is 16.3. The van der Waals surface area contributed by atoms with Gasteiger partial charge in [-0.1, -0.05) is 35.1 Å². The van der Waals surface area contributed by atoms with Crippen LogP contribution in [-0.2, 0) is 0 Å². The van der Waals surface area contributed by atoms with Gasteiger partial charge in [-0.15, -0.1) is 21.5 Å². The summed E-state index contributed by atoms with van der Waals surface area (Å²) in [5, 5.41) is 10.4. The number of thioether (sulfide) groups is 2. The molecule has 0 saturated heterocycles. The zero-order chi connectivity index (χ0) is 17.5. The van der Waals surface area contributed by atoms with Crippen LogP contribution < -0.4 is 0 Å². The average molecular weight is 418 g/mol. The van der Waals surface area contributed by atoms with Crippen molar-refractivity contribution >= 4 is 56.7 Å². The molecule has 0 amide bonds. The molecule has 0 unspecified atom stereocenters. The molecule has 130 valence electrons. The Kier molecular flexibility index (Phi) is 4.36. The average Bonchev–Trinajstić information content (AvgIpc) is 3.35. The lowest BCUT2D eigenvalue weighted by Gasteiger charge is -2.13. The molecule has 0 fully saturated rings. The second kappa shape index (κ2) is 6.84. The van der Waals surface area contributed by atoms with Crippen LogP contribution >= 0.6 is 46.5 Å². The zero-order valence-corrected chi connectivity index (χ0v) is 16.6. The molecule has 0 aliphatic carbocycles. The maximum atomic E-state index is 6.06. The first kappa shape index (κ1) is 16.6. The second-order valence-corrected chi connectivity index (χ2v) is 9.51. The van der Waals surface area contributed by atoms with Crippen LogP contribution in [0.15, 0.2) is 52.2 Å². The first-order valence-corrected chi connectivity index (χ1v) is 11.1. The molecule has 5 nitrogen and oxygen atoms in total. The van der Waals surface area contributed by atoms with Gasteiger partial charge in [-0.25, -0.2) is 4.98 Å². The van der Waals surface area contributed by atoms with Crippen LogP contribution in [0.1, 0.15) is 6.04 Å². The first-order chi connectivity index (χ1) is 12.8. The molecule has 9 heteroatoms. The maximum absolute atomic E-state index is 6.06. The van der Waals surface area contributed by atoms with E-state index in [-0.39, 0.29) is 0 Å². The van der Waals surface area contributed by atoms with Crippen molar-refractivity contribution in [3.63, 3.8) is 0 Å². The van der Waals surface area contributed by atoms with Crippen molar-refractivity contribution in [3.8, 4) is 11.4 Å². The monoisotopic (exact) mass is 417 g/mol. The number of thiazole rings is 1. The molecule has 0 N–H and O–H groups in total. The summed E-state index contributed by atoms with van der Waals surface area (Å²) in [7, 11) is 0. The Bertz CT molecular complexity index is 1080. The van der Waals surface area contributed by atoms with Gasteiger partial charge >= 0.3 is 0 Å². The van der Waals surface area contributed by atoms with Crippen LogP contribution in [0.3, 0.4) is 0 Å². The summed E-state index contributed by atoms with van der Waals surface area (Å²) in [6.45, 7) is 0. The fourth-order valence-corrected chi connectivity index (χ4v) is 6.42. The topological polar surface area (TPSA) is 56.5 Å². The highest BCUT2D eigenvalue weighted by molar-refractivity contribution is 8.01. The summed E-state index contributed by atoms with van der Waals surface area (Å²) in [5.41, 5.74) is 1.96. The molecule has 26 heavy (non-hydrogen) atoms. The molecule has 0 bridgehead atoms.